The number of nitrogens with one attached hydrogen (secondary N) is 1. The first kappa shape index (κ1) is 19.5. The van der Waals surface area contributed by atoms with Crippen molar-refractivity contribution in [2.24, 2.45) is 0 Å². The smallest absolute Gasteiger partial charge is 0.242 e. The van der Waals surface area contributed by atoms with Crippen LogP contribution in [0.25, 0.3) is 0 Å². The molecule has 0 unspecified atom stereocenters. The Labute approximate surface area is 142 Å². The average molecular weight is 341 g/mol. The number of ether oxygens (including phenoxy) is 1. The Morgan fingerprint density at radius 2 is 1.96 bits per heavy atom. The zero-order valence-corrected chi connectivity index (χ0v) is 14.7. The number of nitrogens with zero attached hydrogens (tertiary/aromatic N) is 1. The summed E-state index contributed by atoms with van der Waals surface area (Å²) in [6, 6.07) is 6.76. The van der Waals surface area contributed by atoms with Crippen molar-refractivity contribution >= 4 is 23.4 Å². The number of carbonyl (C=O) groups is 2. The highest BCUT2D eigenvalue weighted by atomic mass is 35.5. The highest BCUT2D eigenvalue weighted by molar-refractivity contribution is 6.30. The molecule has 0 saturated heterocycles. The van der Waals surface area contributed by atoms with Crippen LogP contribution >= 0.6 is 11.6 Å². The third kappa shape index (κ3) is 6.59. The molecule has 6 heteroatoms. The molecule has 1 N–H and O–H groups in total. The van der Waals surface area contributed by atoms with E-state index in [2.05, 4.69) is 5.32 Å². The lowest BCUT2D eigenvalue weighted by Crippen LogP contribution is -2.47. The van der Waals surface area contributed by atoms with Gasteiger partial charge in [-0.2, -0.15) is 0 Å². The van der Waals surface area contributed by atoms with E-state index in [1.54, 1.807) is 38.0 Å². The van der Waals surface area contributed by atoms with E-state index < -0.39 is 6.04 Å². The topological polar surface area (TPSA) is 58.6 Å². The molecule has 0 aliphatic carbocycles. The van der Waals surface area contributed by atoms with E-state index in [9.17, 15) is 9.59 Å². The molecule has 0 aromatic heterocycles. The normalized spacial score (nSPS) is 11.8. The van der Waals surface area contributed by atoms with Gasteiger partial charge in [0.15, 0.2) is 0 Å². The second kappa shape index (κ2) is 10.2. The van der Waals surface area contributed by atoms with Crippen LogP contribution in [0.3, 0.4) is 0 Å². The Kier molecular flexibility index (Phi) is 8.66. The summed E-state index contributed by atoms with van der Waals surface area (Å²) in [7, 11) is 1.62. The fraction of sp³-hybridized carbons (Fsp3) is 0.529. The summed E-state index contributed by atoms with van der Waals surface area (Å²) in [5, 5.41) is 3.48. The lowest BCUT2D eigenvalue weighted by molar-refractivity contribution is -0.140. The molecule has 1 aromatic rings. The number of hydrogen-bond donors (Lipinski definition) is 1. The van der Waals surface area contributed by atoms with Crippen LogP contribution in [0.15, 0.2) is 24.3 Å². The second-order valence-corrected chi connectivity index (χ2v) is 5.75. The molecule has 0 saturated carbocycles. The monoisotopic (exact) mass is 340 g/mol. The molecule has 0 radical (unpaired) electrons. The Morgan fingerprint density at radius 3 is 2.52 bits per heavy atom. The minimum atomic E-state index is -0.527. The molecule has 23 heavy (non-hydrogen) atoms. The Bertz CT molecular complexity index is 505. The fourth-order valence-electron chi connectivity index (χ4n) is 2.15. The van der Waals surface area contributed by atoms with Gasteiger partial charge in [0.25, 0.3) is 0 Å². The van der Waals surface area contributed by atoms with Crippen LogP contribution in [0.1, 0.15) is 32.3 Å². The van der Waals surface area contributed by atoms with E-state index in [0.29, 0.717) is 31.1 Å². The predicted octanol–water partition coefficient (Wildman–Crippen LogP) is 2.62. The molecule has 1 aromatic carbocycles. The van der Waals surface area contributed by atoms with Gasteiger partial charge in [-0.25, -0.2) is 0 Å². The summed E-state index contributed by atoms with van der Waals surface area (Å²) in [6.45, 7) is 5.05. The summed E-state index contributed by atoms with van der Waals surface area (Å²) in [6.07, 6.45) is 1.10. The standard InChI is InChI=1S/C17H25ClN2O3/c1-4-16(21)20(12-14-6-8-15(18)9-7-14)13(2)17(22)19-10-5-11-23-3/h6-9,13H,4-5,10-12H2,1-3H3,(H,19,22)/t13-/m0/s1. The number of benzene rings is 1. The molecule has 0 aliphatic heterocycles. The van der Waals surface area contributed by atoms with Gasteiger partial charge in [0.2, 0.25) is 11.8 Å². The van der Waals surface area contributed by atoms with Crippen molar-refractivity contribution in [3.05, 3.63) is 34.9 Å². The zero-order chi connectivity index (χ0) is 17.2. The summed E-state index contributed by atoms with van der Waals surface area (Å²) in [4.78, 5) is 26.0. The van der Waals surface area contributed by atoms with E-state index in [1.807, 2.05) is 12.1 Å². The van der Waals surface area contributed by atoms with Gasteiger partial charge in [-0.05, 0) is 31.0 Å². The minimum Gasteiger partial charge on any atom is -0.385 e. The van der Waals surface area contributed by atoms with Gasteiger partial charge in [-0.3, -0.25) is 9.59 Å². The number of rotatable bonds is 9. The first-order valence-electron chi connectivity index (χ1n) is 7.80. The van der Waals surface area contributed by atoms with Gasteiger partial charge in [0.1, 0.15) is 6.04 Å². The quantitative estimate of drug-likeness (QED) is 0.703. The van der Waals surface area contributed by atoms with E-state index in [4.69, 9.17) is 16.3 Å². The zero-order valence-electron chi connectivity index (χ0n) is 14.0. The van der Waals surface area contributed by atoms with Crippen molar-refractivity contribution in [1.82, 2.24) is 10.2 Å². The van der Waals surface area contributed by atoms with Crippen LogP contribution in [-0.2, 0) is 20.9 Å². The molecule has 128 valence electrons. The van der Waals surface area contributed by atoms with Gasteiger partial charge in [0.05, 0.1) is 0 Å². The number of hydrogen-bond acceptors (Lipinski definition) is 3. The molecule has 1 atom stereocenters. The third-order valence-corrected chi connectivity index (χ3v) is 3.81. The molecule has 0 bridgehead atoms. The minimum absolute atomic E-state index is 0.0560. The SMILES string of the molecule is CCC(=O)N(Cc1ccc(Cl)cc1)[C@@H](C)C(=O)NCCCOC. The second-order valence-electron chi connectivity index (χ2n) is 5.32. The number of amides is 2. The van der Waals surface area contributed by atoms with Crippen LogP contribution in [0.2, 0.25) is 5.02 Å². The highest BCUT2D eigenvalue weighted by Gasteiger charge is 2.24. The van der Waals surface area contributed by atoms with Gasteiger partial charge in [-0.15, -0.1) is 0 Å². The largest absolute Gasteiger partial charge is 0.385 e. The van der Waals surface area contributed by atoms with Gasteiger partial charge < -0.3 is 15.0 Å². The highest BCUT2D eigenvalue weighted by Crippen LogP contribution is 2.14. The molecule has 1 rings (SSSR count). The maximum absolute atomic E-state index is 12.2. The van der Waals surface area contributed by atoms with Crippen molar-refractivity contribution in [2.45, 2.75) is 39.3 Å². The van der Waals surface area contributed by atoms with Crippen LogP contribution in [0.4, 0.5) is 0 Å². The summed E-state index contributed by atoms with van der Waals surface area (Å²) in [5.41, 5.74) is 0.940. The first-order valence-corrected chi connectivity index (χ1v) is 8.18. The Morgan fingerprint density at radius 1 is 1.30 bits per heavy atom. The lowest BCUT2D eigenvalue weighted by atomic mass is 10.1. The molecule has 0 aliphatic rings. The van der Waals surface area contributed by atoms with E-state index in [-0.39, 0.29) is 11.8 Å². The molecule has 0 fully saturated rings. The van der Waals surface area contributed by atoms with E-state index >= 15 is 0 Å². The molecule has 2 amide bonds. The van der Waals surface area contributed by atoms with Gasteiger partial charge in [0, 0.05) is 38.2 Å². The molecule has 5 nitrogen and oxygen atoms in total. The number of carbonyl (C=O) groups excluding carboxylic acids is 2. The van der Waals surface area contributed by atoms with Crippen molar-refractivity contribution in [3.8, 4) is 0 Å². The Balaban J connectivity index is 2.70. The number of methoxy groups -OCH3 is 1. The van der Waals surface area contributed by atoms with Crippen molar-refractivity contribution < 1.29 is 14.3 Å². The maximum atomic E-state index is 12.2. The van der Waals surface area contributed by atoms with Crippen LogP contribution in [0.5, 0.6) is 0 Å². The van der Waals surface area contributed by atoms with Crippen LogP contribution < -0.4 is 5.32 Å². The predicted molar refractivity (Wildman–Crippen MR) is 91.3 cm³/mol. The molecular weight excluding hydrogens is 316 g/mol. The maximum Gasteiger partial charge on any atom is 0.242 e. The van der Waals surface area contributed by atoms with E-state index in [0.717, 1.165) is 12.0 Å². The molecular formula is C17H25ClN2O3. The van der Waals surface area contributed by atoms with Crippen LogP contribution in [0, 0.1) is 0 Å². The fourth-order valence-corrected chi connectivity index (χ4v) is 2.27. The first-order chi connectivity index (χ1) is 11.0. The lowest BCUT2D eigenvalue weighted by Gasteiger charge is -2.28. The van der Waals surface area contributed by atoms with Gasteiger partial charge >= 0.3 is 0 Å². The van der Waals surface area contributed by atoms with Crippen molar-refractivity contribution in [2.75, 3.05) is 20.3 Å². The van der Waals surface area contributed by atoms with Crippen molar-refractivity contribution in [1.29, 1.82) is 0 Å². The summed E-state index contributed by atoms with van der Waals surface area (Å²) < 4.78 is 4.95. The number of halogens is 1. The third-order valence-electron chi connectivity index (χ3n) is 3.56. The molecule has 0 heterocycles. The average Bonchev–Trinajstić information content (AvgIpc) is 2.56. The van der Waals surface area contributed by atoms with Gasteiger partial charge in [-0.1, -0.05) is 30.7 Å². The van der Waals surface area contributed by atoms with Crippen molar-refractivity contribution in [3.63, 3.8) is 0 Å². The summed E-state index contributed by atoms with van der Waals surface area (Å²) in [5.74, 6) is -0.212. The van der Waals surface area contributed by atoms with E-state index in [1.165, 1.54) is 0 Å². The summed E-state index contributed by atoms with van der Waals surface area (Å²) >= 11 is 5.88. The molecule has 0 spiro atoms. The Hall–Kier alpha value is -1.59. The van der Waals surface area contributed by atoms with Crippen LogP contribution in [-0.4, -0.2) is 43.0 Å².